The predicted octanol–water partition coefficient (Wildman–Crippen LogP) is 2.96. The maximum absolute atomic E-state index is 12.7. The molecule has 0 spiro atoms. The minimum Gasteiger partial charge on any atom is -0.445 e. The van der Waals surface area contributed by atoms with Gasteiger partial charge in [0.2, 0.25) is 0 Å². The van der Waals surface area contributed by atoms with Gasteiger partial charge in [-0.1, -0.05) is 36.4 Å². The zero-order chi connectivity index (χ0) is 18.5. The number of benzene rings is 1. The number of nitrogens with one attached hydrogen (secondary N) is 1. The molecule has 1 aromatic heterocycles. The van der Waals surface area contributed by atoms with Crippen LogP contribution in [-0.2, 0) is 11.3 Å². The van der Waals surface area contributed by atoms with E-state index in [1.165, 1.54) is 0 Å². The molecule has 2 aliphatic rings. The number of rotatable bonds is 4. The molecular formula is C21H26N4O2. The van der Waals surface area contributed by atoms with Crippen molar-refractivity contribution in [2.24, 2.45) is 0 Å². The summed E-state index contributed by atoms with van der Waals surface area (Å²) in [7, 11) is 0. The second kappa shape index (κ2) is 8.39. The second-order valence-electron chi connectivity index (χ2n) is 7.04. The standard InChI is InChI=1S/C21H26N4O2/c26-21(27-16-17-6-2-1-3-7-17)25-13-5-9-19(25)18-8-4-10-23-20(18)24-14-11-22-12-15-24/h1-4,6-8,10,19,22H,5,9,11-16H2/t19-/m1/s1. The summed E-state index contributed by atoms with van der Waals surface area (Å²) in [5, 5.41) is 3.38. The average Bonchev–Trinajstić information content (AvgIpc) is 3.23. The molecule has 6 nitrogen and oxygen atoms in total. The van der Waals surface area contributed by atoms with E-state index in [1.54, 1.807) is 0 Å². The molecular weight excluding hydrogens is 340 g/mol. The smallest absolute Gasteiger partial charge is 0.410 e. The predicted molar refractivity (Wildman–Crippen MR) is 105 cm³/mol. The summed E-state index contributed by atoms with van der Waals surface area (Å²) in [5.41, 5.74) is 2.14. The first-order chi connectivity index (χ1) is 13.3. The first kappa shape index (κ1) is 17.8. The molecule has 6 heteroatoms. The summed E-state index contributed by atoms with van der Waals surface area (Å²) in [5.74, 6) is 1.01. The van der Waals surface area contributed by atoms with Crippen molar-refractivity contribution in [3.05, 3.63) is 59.8 Å². The second-order valence-corrected chi connectivity index (χ2v) is 7.04. The molecule has 1 atom stereocenters. The van der Waals surface area contributed by atoms with Gasteiger partial charge in [-0.3, -0.25) is 0 Å². The Hall–Kier alpha value is -2.60. The molecule has 0 bridgehead atoms. The summed E-state index contributed by atoms with van der Waals surface area (Å²) >= 11 is 0. The number of amides is 1. The number of piperazine rings is 1. The normalized spacial score (nSPS) is 19.9. The molecule has 2 saturated heterocycles. The number of hydrogen-bond donors (Lipinski definition) is 1. The largest absolute Gasteiger partial charge is 0.445 e. The summed E-state index contributed by atoms with van der Waals surface area (Å²) in [6, 6.07) is 13.9. The third kappa shape index (κ3) is 4.06. The Morgan fingerprint density at radius 2 is 1.93 bits per heavy atom. The Bertz CT molecular complexity index is 762. The third-order valence-corrected chi connectivity index (χ3v) is 5.28. The molecule has 4 rings (SSSR count). The van der Waals surface area contributed by atoms with Crippen LogP contribution in [0.2, 0.25) is 0 Å². The van der Waals surface area contributed by atoms with Crippen LogP contribution < -0.4 is 10.2 Å². The number of carbonyl (C=O) groups is 1. The maximum Gasteiger partial charge on any atom is 0.410 e. The maximum atomic E-state index is 12.7. The SMILES string of the molecule is O=C(OCc1ccccc1)N1CCC[C@@H]1c1cccnc1N1CCNCC1. The zero-order valence-corrected chi connectivity index (χ0v) is 15.5. The molecule has 0 radical (unpaired) electrons. The first-order valence-electron chi connectivity index (χ1n) is 9.71. The van der Waals surface area contributed by atoms with Gasteiger partial charge in [0.25, 0.3) is 0 Å². The Labute approximate surface area is 160 Å². The monoisotopic (exact) mass is 366 g/mol. The molecule has 0 saturated carbocycles. The van der Waals surface area contributed by atoms with Crippen LogP contribution >= 0.6 is 0 Å². The lowest BCUT2D eigenvalue weighted by atomic mass is 10.0. The van der Waals surface area contributed by atoms with Gasteiger partial charge in [0.1, 0.15) is 12.4 Å². The van der Waals surface area contributed by atoms with E-state index in [0.717, 1.165) is 62.5 Å². The topological polar surface area (TPSA) is 57.7 Å². The molecule has 2 aliphatic heterocycles. The van der Waals surface area contributed by atoms with Gasteiger partial charge in [-0.25, -0.2) is 9.78 Å². The highest BCUT2D eigenvalue weighted by molar-refractivity contribution is 5.69. The highest BCUT2D eigenvalue weighted by Gasteiger charge is 2.34. The molecule has 1 aromatic carbocycles. The Morgan fingerprint density at radius 3 is 2.74 bits per heavy atom. The number of nitrogens with zero attached hydrogens (tertiary/aromatic N) is 3. The van der Waals surface area contributed by atoms with E-state index >= 15 is 0 Å². The van der Waals surface area contributed by atoms with Gasteiger partial charge in [-0.2, -0.15) is 0 Å². The van der Waals surface area contributed by atoms with Crippen molar-refractivity contribution in [2.75, 3.05) is 37.6 Å². The van der Waals surface area contributed by atoms with Crippen LogP contribution in [0.15, 0.2) is 48.7 Å². The van der Waals surface area contributed by atoms with E-state index in [1.807, 2.05) is 47.5 Å². The molecule has 1 N–H and O–H groups in total. The molecule has 27 heavy (non-hydrogen) atoms. The molecule has 0 unspecified atom stereocenters. The van der Waals surface area contributed by atoms with Crippen molar-refractivity contribution < 1.29 is 9.53 Å². The van der Waals surface area contributed by atoms with Crippen LogP contribution in [0.4, 0.5) is 10.6 Å². The highest BCUT2D eigenvalue weighted by atomic mass is 16.6. The fourth-order valence-electron chi connectivity index (χ4n) is 3.92. The third-order valence-electron chi connectivity index (χ3n) is 5.28. The molecule has 2 fully saturated rings. The molecule has 3 heterocycles. The number of aromatic nitrogens is 1. The number of pyridine rings is 1. The van der Waals surface area contributed by atoms with Crippen LogP contribution in [0, 0.1) is 0 Å². The van der Waals surface area contributed by atoms with Crippen LogP contribution in [0.25, 0.3) is 0 Å². The lowest BCUT2D eigenvalue weighted by molar-refractivity contribution is 0.0921. The molecule has 1 amide bonds. The summed E-state index contributed by atoms with van der Waals surface area (Å²) in [6.07, 6.45) is 3.54. The molecule has 0 aliphatic carbocycles. The van der Waals surface area contributed by atoms with Crippen molar-refractivity contribution in [2.45, 2.75) is 25.5 Å². The van der Waals surface area contributed by atoms with Gasteiger partial charge in [-0.05, 0) is 24.5 Å². The van der Waals surface area contributed by atoms with Crippen molar-refractivity contribution >= 4 is 11.9 Å². The van der Waals surface area contributed by atoms with Crippen molar-refractivity contribution in [1.29, 1.82) is 0 Å². The lowest BCUT2D eigenvalue weighted by Crippen LogP contribution is -2.44. The molecule has 2 aromatic rings. The lowest BCUT2D eigenvalue weighted by Gasteiger charge is -2.32. The van der Waals surface area contributed by atoms with E-state index in [9.17, 15) is 4.79 Å². The van der Waals surface area contributed by atoms with E-state index in [2.05, 4.69) is 21.3 Å². The summed E-state index contributed by atoms with van der Waals surface area (Å²) in [6.45, 7) is 4.84. The van der Waals surface area contributed by atoms with Gasteiger partial charge in [0, 0.05) is 44.5 Å². The van der Waals surface area contributed by atoms with Gasteiger partial charge >= 0.3 is 6.09 Å². The summed E-state index contributed by atoms with van der Waals surface area (Å²) in [4.78, 5) is 21.6. The Morgan fingerprint density at radius 1 is 1.11 bits per heavy atom. The quantitative estimate of drug-likeness (QED) is 0.902. The van der Waals surface area contributed by atoms with Crippen LogP contribution in [-0.4, -0.2) is 48.7 Å². The van der Waals surface area contributed by atoms with Crippen molar-refractivity contribution in [3.8, 4) is 0 Å². The van der Waals surface area contributed by atoms with E-state index in [4.69, 9.17) is 4.74 Å². The molecule has 142 valence electrons. The fourth-order valence-corrected chi connectivity index (χ4v) is 3.92. The van der Waals surface area contributed by atoms with Crippen LogP contribution in [0.3, 0.4) is 0 Å². The number of likely N-dealkylation sites (tertiary alicyclic amines) is 1. The van der Waals surface area contributed by atoms with Gasteiger partial charge in [0.15, 0.2) is 0 Å². The van der Waals surface area contributed by atoms with Gasteiger partial charge in [0.05, 0.1) is 6.04 Å². The summed E-state index contributed by atoms with van der Waals surface area (Å²) < 4.78 is 5.59. The van der Waals surface area contributed by atoms with E-state index in [0.29, 0.717) is 6.61 Å². The minimum absolute atomic E-state index is 0.0341. The highest BCUT2D eigenvalue weighted by Crippen LogP contribution is 2.36. The Balaban J connectivity index is 1.49. The van der Waals surface area contributed by atoms with Crippen molar-refractivity contribution in [3.63, 3.8) is 0 Å². The van der Waals surface area contributed by atoms with Crippen LogP contribution in [0.5, 0.6) is 0 Å². The fraction of sp³-hybridized carbons (Fsp3) is 0.429. The number of carbonyl (C=O) groups excluding carboxylic acids is 1. The van der Waals surface area contributed by atoms with E-state index < -0.39 is 0 Å². The van der Waals surface area contributed by atoms with Crippen molar-refractivity contribution in [1.82, 2.24) is 15.2 Å². The number of anilines is 1. The van der Waals surface area contributed by atoms with Gasteiger partial charge in [-0.15, -0.1) is 0 Å². The first-order valence-corrected chi connectivity index (χ1v) is 9.71. The van der Waals surface area contributed by atoms with Crippen LogP contribution in [0.1, 0.15) is 30.0 Å². The minimum atomic E-state index is -0.239. The Kier molecular flexibility index (Phi) is 5.53. The zero-order valence-electron chi connectivity index (χ0n) is 15.5. The number of hydrogen-bond acceptors (Lipinski definition) is 5. The number of ether oxygens (including phenoxy) is 1. The average molecular weight is 366 g/mol. The van der Waals surface area contributed by atoms with Gasteiger partial charge < -0.3 is 19.9 Å². The van der Waals surface area contributed by atoms with E-state index in [-0.39, 0.29) is 12.1 Å².